The van der Waals surface area contributed by atoms with Gasteiger partial charge in [0.05, 0.1) is 6.61 Å². The van der Waals surface area contributed by atoms with Crippen LogP contribution in [0, 0.1) is 11.6 Å². The van der Waals surface area contributed by atoms with Gasteiger partial charge in [0, 0.05) is 11.6 Å². The van der Waals surface area contributed by atoms with Gasteiger partial charge in [0.25, 0.3) is 5.89 Å². The number of hydrogen-bond donors (Lipinski definition) is 1. The molecule has 1 aromatic heterocycles. The van der Waals surface area contributed by atoms with Gasteiger partial charge in [0.15, 0.2) is 5.82 Å². The van der Waals surface area contributed by atoms with E-state index >= 15 is 0 Å². The number of hydrogen-bond acceptors (Lipinski definition) is 5. The number of benzene rings is 1. The van der Waals surface area contributed by atoms with Crippen LogP contribution in [0.2, 0.25) is 0 Å². The smallest absolute Gasteiger partial charge is 0.263 e. The van der Waals surface area contributed by atoms with E-state index in [1.54, 1.807) is 6.92 Å². The van der Waals surface area contributed by atoms with Crippen LogP contribution < -0.4 is 5.73 Å². The second-order valence-corrected chi connectivity index (χ2v) is 5.43. The topological polar surface area (TPSA) is 74.2 Å². The summed E-state index contributed by atoms with van der Waals surface area (Å²) < 4.78 is 37.7. The zero-order valence-electron chi connectivity index (χ0n) is 10.8. The van der Waals surface area contributed by atoms with E-state index in [0.717, 1.165) is 12.1 Å². The van der Waals surface area contributed by atoms with Crippen LogP contribution in [-0.4, -0.2) is 23.9 Å². The number of rotatable bonds is 4. The van der Waals surface area contributed by atoms with Gasteiger partial charge in [-0.3, -0.25) is 0 Å². The SMILES string of the molecule is COCC(C)(N)c1noc(-c2c(F)cc(Br)cc2F)n1. The Kier molecular flexibility index (Phi) is 4.17. The van der Waals surface area contributed by atoms with E-state index in [2.05, 4.69) is 26.1 Å². The molecule has 2 rings (SSSR count). The largest absolute Gasteiger partial charge is 0.382 e. The van der Waals surface area contributed by atoms with Crippen molar-refractivity contribution in [3.63, 3.8) is 0 Å². The van der Waals surface area contributed by atoms with Crippen molar-refractivity contribution >= 4 is 15.9 Å². The van der Waals surface area contributed by atoms with E-state index in [-0.39, 0.29) is 28.4 Å². The van der Waals surface area contributed by atoms with Gasteiger partial charge in [-0.25, -0.2) is 8.78 Å². The molecule has 1 heterocycles. The second kappa shape index (κ2) is 5.55. The van der Waals surface area contributed by atoms with E-state index in [0.29, 0.717) is 0 Å². The zero-order chi connectivity index (χ0) is 14.9. The molecule has 8 heteroatoms. The first kappa shape index (κ1) is 15.0. The minimum Gasteiger partial charge on any atom is -0.382 e. The van der Waals surface area contributed by atoms with E-state index in [1.807, 2.05) is 0 Å². The van der Waals surface area contributed by atoms with Crippen molar-refractivity contribution in [3.8, 4) is 11.5 Å². The molecule has 0 bridgehead atoms. The van der Waals surface area contributed by atoms with Crippen molar-refractivity contribution < 1.29 is 18.0 Å². The third kappa shape index (κ3) is 2.87. The van der Waals surface area contributed by atoms with Gasteiger partial charge in [0.2, 0.25) is 0 Å². The minimum atomic E-state index is -1.02. The lowest BCUT2D eigenvalue weighted by molar-refractivity contribution is 0.135. The maximum absolute atomic E-state index is 13.8. The lowest BCUT2D eigenvalue weighted by Gasteiger charge is -2.18. The normalized spacial score (nSPS) is 14.3. The summed E-state index contributed by atoms with van der Waals surface area (Å²) in [7, 11) is 1.47. The maximum Gasteiger partial charge on any atom is 0.263 e. The van der Waals surface area contributed by atoms with Crippen LogP contribution >= 0.6 is 15.9 Å². The summed E-state index contributed by atoms with van der Waals surface area (Å²) in [5.41, 5.74) is 4.53. The number of methoxy groups -OCH3 is 1. The standard InChI is InChI=1S/C12H12BrF2N3O2/c1-12(16,5-19-2)11-17-10(20-18-11)9-7(14)3-6(13)4-8(9)15/h3-4H,5,16H2,1-2H3. The Bertz CT molecular complexity index is 608. The molecule has 0 saturated carbocycles. The molecule has 0 amide bonds. The quantitative estimate of drug-likeness (QED) is 0.919. The fraction of sp³-hybridized carbons (Fsp3) is 0.333. The molecule has 0 aliphatic heterocycles. The third-order valence-electron chi connectivity index (χ3n) is 2.60. The molecular formula is C12H12BrF2N3O2. The Labute approximate surface area is 122 Å². The molecule has 0 spiro atoms. The number of nitrogens with two attached hydrogens (primary N) is 1. The predicted octanol–water partition coefficient (Wildman–Crippen LogP) is 2.60. The highest BCUT2D eigenvalue weighted by atomic mass is 79.9. The van der Waals surface area contributed by atoms with Crippen LogP contribution in [0.5, 0.6) is 0 Å². The Morgan fingerprint density at radius 1 is 1.40 bits per heavy atom. The van der Waals surface area contributed by atoms with Gasteiger partial charge >= 0.3 is 0 Å². The summed E-state index contributed by atoms with van der Waals surface area (Å²) in [4.78, 5) is 3.94. The highest BCUT2D eigenvalue weighted by molar-refractivity contribution is 9.10. The molecule has 1 atom stereocenters. The number of ether oxygens (including phenoxy) is 1. The molecule has 0 saturated heterocycles. The molecule has 20 heavy (non-hydrogen) atoms. The van der Waals surface area contributed by atoms with Crippen molar-refractivity contribution in [2.24, 2.45) is 5.73 Å². The number of nitrogens with zero attached hydrogens (tertiary/aromatic N) is 2. The first-order valence-electron chi connectivity index (χ1n) is 5.62. The first-order chi connectivity index (χ1) is 9.35. The fourth-order valence-electron chi connectivity index (χ4n) is 1.67. The van der Waals surface area contributed by atoms with Gasteiger partial charge in [-0.15, -0.1) is 0 Å². The van der Waals surface area contributed by atoms with Crippen LogP contribution in [-0.2, 0) is 10.3 Å². The minimum absolute atomic E-state index is 0.107. The van der Waals surface area contributed by atoms with Crippen molar-refractivity contribution in [2.45, 2.75) is 12.5 Å². The summed E-state index contributed by atoms with van der Waals surface area (Å²) in [6.45, 7) is 1.76. The molecule has 1 unspecified atom stereocenters. The lowest BCUT2D eigenvalue weighted by atomic mass is 10.1. The Morgan fingerprint density at radius 3 is 2.55 bits per heavy atom. The molecule has 0 fully saturated rings. The first-order valence-corrected chi connectivity index (χ1v) is 6.41. The summed E-state index contributed by atoms with van der Waals surface area (Å²) in [6.07, 6.45) is 0. The summed E-state index contributed by atoms with van der Waals surface area (Å²) in [6, 6.07) is 2.22. The van der Waals surface area contributed by atoms with Gasteiger partial charge in [-0.05, 0) is 19.1 Å². The summed E-state index contributed by atoms with van der Waals surface area (Å²) in [5, 5.41) is 3.65. The fourth-order valence-corrected chi connectivity index (χ4v) is 2.07. The molecular weight excluding hydrogens is 336 g/mol. The Hall–Kier alpha value is -1.38. The van der Waals surface area contributed by atoms with Crippen LogP contribution in [0.1, 0.15) is 12.7 Å². The highest BCUT2D eigenvalue weighted by Crippen LogP contribution is 2.29. The highest BCUT2D eigenvalue weighted by Gasteiger charge is 2.29. The molecule has 5 nitrogen and oxygen atoms in total. The van der Waals surface area contributed by atoms with Crippen molar-refractivity contribution in [2.75, 3.05) is 13.7 Å². The van der Waals surface area contributed by atoms with Gasteiger partial charge < -0.3 is 15.0 Å². The third-order valence-corrected chi connectivity index (χ3v) is 3.06. The second-order valence-electron chi connectivity index (χ2n) is 4.52. The van der Waals surface area contributed by atoms with E-state index in [9.17, 15) is 8.78 Å². The molecule has 2 N–H and O–H groups in total. The van der Waals surface area contributed by atoms with Crippen molar-refractivity contribution in [3.05, 3.63) is 34.1 Å². The van der Waals surface area contributed by atoms with E-state index in [4.69, 9.17) is 15.0 Å². The monoisotopic (exact) mass is 347 g/mol. The molecule has 2 aromatic rings. The lowest BCUT2D eigenvalue weighted by Crippen LogP contribution is -2.38. The maximum atomic E-state index is 13.8. The summed E-state index contributed by atoms with van der Waals surface area (Å²) in [5.74, 6) is -1.78. The average Bonchev–Trinajstić information content (AvgIpc) is 2.77. The Balaban J connectivity index is 2.44. The molecule has 108 valence electrons. The van der Waals surface area contributed by atoms with Crippen molar-refractivity contribution in [1.29, 1.82) is 0 Å². The molecule has 1 aromatic carbocycles. The summed E-state index contributed by atoms with van der Waals surface area (Å²) >= 11 is 2.99. The zero-order valence-corrected chi connectivity index (χ0v) is 12.4. The molecule has 0 radical (unpaired) electrons. The molecule has 0 aliphatic carbocycles. The van der Waals surface area contributed by atoms with E-state index in [1.165, 1.54) is 7.11 Å². The van der Waals surface area contributed by atoms with Crippen molar-refractivity contribution in [1.82, 2.24) is 10.1 Å². The van der Waals surface area contributed by atoms with Crippen LogP contribution in [0.3, 0.4) is 0 Å². The molecule has 0 aliphatic rings. The van der Waals surface area contributed by atoms with Gasteiger partial charge in [-0.1, -0.05) is 21.1 Å². The van der Waals surface area contributed by atoms with Gasteiger partial charge in [0.1, 0.15) is 22.7 Å². The van der Waals surface area contributed by atoms with Gasteiger partial charge in [-0.2, -0.15) is 4.98 Å². The van der Waals surface area contributed by atoms with Crippen LogP contribution in [0.25, 0.3) is 11.5 Å². The van der Waals surface area contributed by atoms with E-state index < -0.39 is 17.2 Å². The number of aromatic nitrogens is 2. The Morgan fingerprint density at radius 2 is 2.00 bits per heavy atom. The number of halogens is 3. The predicted molar refractivity (Wildman–Crippen MR) is 70.8 cm³/mol. The van der Waals surface area contributed by atoms with Crippen LogP contribution in [0.4, 0.5) is 8.78 Å². The average molecular weight is 348 g/mol. The van der Waals surface area contributed by atoms with Crippen LogP contribution in [0.15, 0.2) is 21.1 Å².